The minimum absolute atomic E-state index is 0.000645. The number of rotatable bonds is 4. The van der Waals surface area contributed by atoms with E-state index in [1.807, 2.05) is 11.9 Å². The molecule has 0 radical (unpaired) electrons. The minimum atomic E-state index is 0.000645. The number of hydrogen-bond donors (Lipinski definition) is 1. The van der Waals surface area contributed by atoms with E-state index in [9.17, 15) is 4.79 Å². The van der Waals surface area contributed by atoms with Crippen molar-refractivity contribution in [1.29, 1.82) is 0 Å². The molecule has 4 nitrogen and oxygen atoms in total. The SMILES string of the molecule is CN(CC1CCCN1C)C(=O)CNC(C)(C)C. The Kier molecular flexibility index (Phi) is 4.95. The highest BCUT2D eigenvalue weighted by Crippen LogP contribution is 2.15. The van der Waals surface area contributed by atoms with Gasteiger partial charge in [-0.3, -0.25) is 4.79 Å². The molecule has 1 aliphatic heterocycles. The Labute approximate surface area is 105 Å². The fourth-order valence-corrected chi connectivity index (χ4v) is 2.10. The number of amides is 1. The van der Waals surface area contributed by atoms with Crippen molar-refractivity contribution >= 4 is 5.91 Å². The van der Waals surface area contributed by atoms with Crippen LogP contribution in [0, 0.1) is 0 Å². The van der Waals surface area contributed by atoms with Crippen LogP contribution in [-0.2, 0) is 4.79 Å². The maximum absolute atomic E-state index is 11.9. The van der Waals surface area contributed by atoms with E-state index in [1.165, 1.54) is 12.8 Å². The van der Waals surface area contributed by atoms with Crippen molar-refractivity contribution in [1.82, 2.24) is 15.1 Å². The highest BCUT2D eigenvalue weighted by atomic mass is 16.2. The van der Waals surface area contributed by atoms with Crippen molar-refractivity contribution in [3.8, 4) is 0 Å². The summed E-state index contributed by atoms with van der Waals surface area (Å²) >= 11 is 0. The zero-order valence-electron chi connectivity index (χ0n) is 11.9. The topological polar surface area (TPSA) is 35.6 Å². The lowest BCUT2D eigenvalue weighted by Crippen LogP contribution is -2.46. The Morgan fingerprint density at radius 1 is 1.47 bits per heavy atom. The zero-order chi connectivity index (χ0) is 13.1. The first-order chi connectivity index (χ1) is 7.79. The van der Waals surface area contributed by atoms with Gasteiger partial charge in [0, 0.05) is 25.2 Å². The van der Waals surface area contributed by atoms with Gasteiger partial charge in [-0.2, -0.15) is 0 Å². The van der Waals surface area contributed by atoms with E-state index in [2.05, 4.69) is 38.0 Å². The predicted octanol–water partition coefficient (Wildman–Crippen LogP) is 0.927. The van der Waals surface area contributed by atoms with Crippen molar-refractivity contribution in [2.24, 2.45) is 0 Å². The summed E-state index contributed by atoms with van der Waals surface area (Å²) < 4.78 is 0. The highest BCUT2D eigenvalue weighted by molar-refractivity contribution is 5.78. The molecule has 1 unspecified atom stereocenters. The molecule has 0 bridgehead atoms. The number of nitrogens with zero attached hydrogens (tertiary/aromatic N) is 2. The third-order valence-corrected chi connectivity index (χ3v) is 3.35. The van der Waals surface area contributed by atoms with Crippen LogP contribution in [0.2, 0.25) is 0 Å². The molecule has 1 saturated heterocycles. The van der Waals surface area contributed by atoms with Gasteiger partial charge in [0.2, 0.25) is 5.91 Å². The monoisotopic (exact) mass is 241 g/mol. The van der Waals surface area contributed by atoms with Crippen molar-refractivity contribution in [3.05, 3.63) is 0 Å². The van der Waals surface area contributed by atoms with E-state index in [0.717, 1.165) is 13.1 Å². The molecule has 1 aliphatic rings. The quantitative estimate of drug-likeness (QED) is 0.795. The van der Waals surface area contributed by atoms with Gasteiger partial charge in [0.25, 0.3) is 0 Å². The van der Waals surface area contributed by atoms with Crippen LogP contribution in [0.25, 0.3) is 0 Å². The summed E-state index contributed by atoms with van der Waals surface area (Å²) in [6, 6.07) is 0.540. The third-order valence-electron chi connectivity index (χ3n) is 3.35. The normalized spacial score (nSPS) is 21.8. The fourth-order valence-electron chi connectivity index (χ4n) is 2.10. The summed E-state index contributed by atoms with van der Waals surface area (Å²) in [6.07, 6.45) is 2.46. The van der Waals surface area contributed by atoms with Gasteiger partial charge in [-0.1, -0.05) is 0 Å². The summed E-state index contributed by atoms with van der Waals surface area (Å²) in [7, 11) is 4.04. The Hall–Kier alpha value is -0.610. The molecule has 1 fully saturated rings. The van der Waals surface area contributed by atoms with E-state index >= 15 is 0 Å². The second-order valence-electron chi connectivity index (χ2n) is 6.15. The zero-order valence-corrected chi connectivity index (χ0v) is 11.9. The number of likely N-dealkylation sites (tertiary alicyclic amines) is 1. The number of nitrogens with one attached hydrogen (secondary N) is 1. The van der Waals surface area contributed by atoms with Crippen LogP contribution in [0.4, 0.5) is 0 Å². The summed E-state index contributed by atoms with van der Waals surface area (Å²) in [5.74, 6) is 0.181. The standard InChI is InChI=1S/C13H27N3O/c1-13(2,3)14-9-12(17)16(5)10-11-7-6-8-15(11)4/h11,14H,6-10H2,1-5H3. The van der Waals surface area contributed by atoms with Crippen LogP contribution >= 0.6 is 0 Å². The van der Waals surface area contributed by atoms with Crippen LogP contribution in [0.15, 0.2) is 0 Å². The molecule has 0 spiro atoms. The Morgan fingerprint density at radius 2 is 2.12 bits per heavy atom. The molecule has 1 rings (SSSR count). The maximum Gasteiger partial charge on any atom is 0.236 e. The molecule has 0 aliphatic carbocycles. The summed E-state index contributed by atoms with van der Waals surface area (Å²) in [5.41, 5.74) is 0.000645. The maximum atomic E-state index is 11.9. The highest BCUT2D eigenvalue weighted by Gasteiger charge is 2.24. The summed E-state index contributed by atoms with van der Waals surface area (Å²) in [4.78, 5) is 16.1. The summed E-state index contributed by atoms with van der Waals surface area (Å²) in [6.45, 7) is 8.66. The van der Waals surface area contributed by atoms with E-state index in [0.29, 0.717) is 12.6 Å². The van der Waals surface area contributed by atoms with Gasteiger partial charge >= 0.3 is 0 Å². The smallest absolute Gasteiger partial charge is 0.236 e. The van der Waals surface area contributed by atoms with Crippen molar-refractivity contribution < 1.29 is 4.79 Å². The van der Waals surface area contributed by atoms with Crippen LogP contribution in [0.3, 0.4) is 0 Å². The van der Waals surface area contributed by atoms with Crippen LogP contribution in [0.5, 0.6) is 0 Å². The minimum Gasteiger partial charge on any atom is -0.343 e. The molecule has 1 N–H and O–H groups in total. The second kappa shape index (κ2) is 5.83. The van der Waals surface area contributed by atoms with Crippen LogP contribution in [-0.4, -0.2) is 61.0 Å². The molecular weight excluding hydrogens is 214 g/mol. The molecular formula is C13H27N3O. The van der Waals surface area contributed by atoms with Crippen molar-refractivity contribution in [3.63, 3.8) is 0 Å². The van der Waals surface area contributed by atoms with E-state index in [1.54, 1.807) is 0 Å². The van der Waals surface area contributed by atoms with Crippen LogP contribution in [0.1, 0.15) is 33.6 Å². The van der Waals surface area contributed by atoms with Crippen molar-refractivity contribution in [2.45, 2.75) is 45.2 Å². The first kappa shape index (κ1) is 14.5. The number of carbonyl (C=O) groups excluding carboxylic acids is 1. The van der Waals surface area contributed by atoms with Gasteiger partial charge in [-0.15, -0.1) is 0 Å². The van der Waals surface area contributed by atoms with Gasteiger partial charge in [0.05, 0.1) is 6.54 Å². The van der Waals surface area contributed by atoms with Crippen molar-refractivity contribution in [2.75, 3.05) is 33.7 Å². The Balaban J connectivity index is 2.31. The lowest BCUT2D eigenvalue weighted by atomic mass is 10.1. The van der Waals surface area contributed by atoms with Gasteiger partial charge in [-0.25, -0.2) is 0 Å². The molecule has 0 aromatic heterocycles. The fraction of sp³-hybridized carbons (Fsp3) is 0.923. The number of likely N-dealkylation sites (N-methyl/N-ethyl adjacent to an activating group) is 2. The van der Waals surface area contributed by atoms with Gasteiger partial charge in [0.1, 0.15) is 0 Å². The van der Waals surface area contributed by atoms with Gasteiger partial charge in [-0.05, 0) is 47.2 Å². The van der Waals surface area contributed by atoms with Gasteiger partial charge < -0.3 is 15.1 Å². The molecule has 100 valence electrons. The first-order valence-electron chi connectivity index (χ1n) is 6.49. The average molecular weight is 241 g/mol. The lowest BCUT2D eigenvalue weighted by Gasteiger charge is -2.27. The van der Waals surface area contributed by atoms with E-state index < -0.39 is 0 Å². The Bertz CT molecular complexity index is 260. The van der Waals surface area contributed by atoms with Gasteiger partial charge in [0.15, 0.2) is 0 Å². The van der Waals surface area contributed by atoms with E-state index in [-0.39, 0.29) is 11.4 Å². The second-order valence-corrected chi connectivity index (χ2v) is 6.15. The molecule has 17 heavy (non-hydrogen) atoms. The molecule has 1 amide bonds. The van der Waals surface area contributed by atoms with Crippen LogP contribution < -0.4 is 5.32 Å². The third kappa shape index (κ3) is 5.04. The number of hydrogen-bond acceptors (Lipinski definition) is 3. The first-order valence-corrected chi connectivity index (χ1v) is 6.49. The Morgan fingerprint density at radius 3 is 2.59 bits per heavy atom. The lowest BCUT2D eigenvalue weighted by molar-refractivity contribution is -0.129. The molecule has 0 aromatic carbocycles. The largest absolute Gasteiger partial charge is 0.343 e. The summed E-state index contributed by atoms with van der Waals surface area (Å²) in [5, 5.41) is 3.23. The molecule has 0 saturated carbocycles. The molecule has 1 heterocycles. The number of carbonyl (C=O) groups is 1. The average Bonchev–Trinajstić information content (AvgIpc) is 2.59. The predicted molar refractivity (Wildman–Crippen MR) is 71.0 cm³/mol. The van der Waals surface area contributed by atoms with E-state index in [4.69, 9.17) is 0 Å². The molecule has 0 aromatic rings. The molecule has 4 heteroatoms. The molecule has 1 atom stereocenters.